The van der Waals surface area contributed by atoms with Gasteiger partial charge in [0.1, 0.15) is 5.82 Å². The van der Waals surface area contributed by atoms with Gasteiger partial charge >= 0.3 is 0 Å². The lowest BCUT2D eigenvalue weighted by atomic mass is 10.0. The van der Waals surface area contributed by atoms with Gasteiger partial charge in [0.15, 0.2) is 0 Å². The first kappa shape index (κ1) is 16.5. The Morgan fingerprint density at radius 3 is 2.52 bits per heavy atom. The minimum Gasteiger partial charge on any atom is -0.357 e. The molecule has 0 bridgehead atoms. The summed E-state index contributed by atoms with van der Waals surface area (Å²) in [5, 5.41) is 5.22. The quantitative estimate of drug-likeness (QED) is 0.714. The van der Waals surface area contributed by atoms with Crippen molar-refractivity contribution < 1.29 is 14.0 Å². The zero-order valence-electron chi connectivity index (χ0n) is 13.2. The summed E-state index contributed by atoms with van der Waals surface area (Å²) in [6, 6.07) is 4.18. The van der Waals surface area contributed by atoms with Gasteiger partial charge in [-0.15, -0.1) is 0 Å². The van der Waals surface area contributed by atoms with Gasteiger partial charge in [-0.25, -0.2) is 4.39 Å². The minimum atomic E-state index is -0.383. The highest BCUT2D eigenvalue weighted by atomic mass is 19.1. The van der Waals surface area contributed by atoms with Crippen LogP contribution in [0.5, 0.6) is 0 Å². The zero-order chi connectivity index (χ0) is 17.0. The molecule has 6 heteroatoms. The summed E-state index contributed by atoms with van der Waals surface area (Å²) in [6.07, 6.45) is 3.03. The molecule has 0 radical (unpaired) electrons. The van der Waals surface area contributed by atoms with Crippen LogP contribution < -0.4 is 10.6 Å². The van der Waals surface area contributed by atoms with E-state index in [-0.39, 0.29) is 5.82 Å². The van der Waals surface area contributed by atoms with Crippen molar-refractivity contribution in [2.24, 2.45) is 0 Å². The monoisotopic (exact) mass is 315 g/mol. The molecule has 1 aromatic carbocycles. The van der Waals surface area contributed by atoms with Crippen molar-refractivity contribution in [2.45, 2.75) is 20.8 Å². The summed E-state index contributed by atoms with van der Waals surface area (Å²) in [7, 11) is 0. The van der Waals surface area contributed by atoms with Gasteiger partial charge < -0.3 is 15.6 Å². The predicted molar refractivity (Wildman–Crippen MR) is 89.6 cm³/mol. The molecule has 2 rings (SSSR count). The number of hydrogen-bond acceptors (Lipinski definition) is 2. The van der Waals surface area contributed by atoms with Gasteiger partial charge in [0, 0.05) is 22.6 Å². The maximum atomic E-state index is 13.5. The summed E-state index contributed by atoms with van der Waals surface area (Å²) in [4.78, 5) is 24.5. The number of carbonyl (C=O) groups excluding carboxylic acids is 2. The number of allylic oxidation sites excluding steroid dienone is 1. The lowest BCUT2D eigenvalue weighted by Gasteiger charge is -2.09. The molecule has 0 saturated heterocycles. The van der Waals surface area contributed by atoms with Crippen LogP contribution in [-0.4, -0.2) is 17.8 Å². The summed E-state index contributed by atoms with van der Waals surface area (Å²) < 4.78 is 13.5. The summed E-state index contributed by atoms with van der Waals surface area (Å²) in [6.45, 7) is 5.56. The van der Waals surface area contributed by atoms with Crippen LogP contribution in [0, 0.1) is 19.7 Å². The highest BCUT2D eigenvalue weighted by Crippen LogP contribution is 2.29. The lowest BCUT2D eigenvalue weighted by molar-refractivity contribution is -0.106. The zero-order valence-corrected chi connectivity index (χ0v) is 13.2. The van der Waals surface area contributed by atoms with Crippen molar-refractivity contribution in [2.75, 3.05) is 10.6 Å². The Morgan fingerprint density at radius 2 is 1.87 bits per heavy atom. The van der Waals surface area contributed by atoms with Gasteiger partial charge in [-0.1, -0.05) is 0 Å². The number of aromatic nitrogens is 1. The molecule has 0 unspecified atom stereocenters. The maximum absolute atomic E-state index is 13.5. The van der Waals surface area contributed by atoms with Gasteiger partial charge in [0.05, 0.1) is 5.69 Å². The highest BCUT2D eigenvalue weighted by molar-refractivity contribution is 5.90. The molecule has 23 heavy (non-hydrogen) atoms. The molecule has 0 fully saturated rings. The smallest absolute Gasteiger partial charge is 0.211 e. The first-order valence-electron chi connectivity index (χ1n) is 7.05. The molecule has 0 aliphatic carbocycles. The second-order valence-corrected chi connectivity index (χ2v) is 5.21. The van der Waals surface area contributed by atoms with E-state index < -0.39 is 0 Å². The number of halogens is 1. The molecule has 3 N–H and O–H groups in total. The van der Waals surface area contributed by atoms with Crippen molar-refractivity contribution in [3.8, 4) is 0 Å². The number of aromatic amines is 1. The second-order valence-electron chi connectivity index (χ2n) is 5.21. The molecule has 2 amide bonds. The summed E-state index contributed by atoms with van der Waals surface area (Å²) in [5.74, 6) is -0.383. The van der Waals surface area contributed by atoms with E-state index in [4.69, 9.17) is 0 Å². The molecule has 0 atom stereocenters. The third kappa shape index (κ3) is 3.48. The Labute approximate surface area is 133 Å². The van der Waals surface area contributed by atoms with E-state index in [9.17, 15) is 14.0 Å². The largest absolute Gasteiger partial charge is 0.357 e. The predicted octanol–water partition coefficient (Wildman–Crippen LogP) is 3.47. The normalized spacial score (nSPS) is 11.2. The van der Waals surface area contributed by atoms with Gasteiger partial charge in [-0.2, -0.15) is 0 Å². The average molecular weight is 315 g/mol. The number of rotatable bonds is 6. The van der Waals surface area contributed by atoms with E-state index in [1.54, 1.807) is 0 Å². The van der Waals surface area contributed by atoms with Crippen LogP contribution in [0.3, 0.4) is 0 Å². The average Bonchev–Trinajstić information content (AvgIpc) is 2.77. The standard InChI is InChI=1S/C17H18FN3O2/c1-10(14-7-13(18)4-5-15(14)19-8-22)6-16-11(2)17(20-9-23)12(3)21-16/h4-9,21H,1-3H3,(H,19,22)(H,20,23)/b10-6+. The van der Waals surface area contributed by atoms with Crippen molar-refractivity contribution in [1.82, 2.24) is 4.98 Å². The van der Waals surface area contributed by atoms with Crippen LogP contribution >= 0.6 is 0 Å². The van der Waals surface area contributed by atoms with Crippen LogP contribution in [0.1, 0.15) is 29.4 Å². The van der Waals surface area contributed by atoms with Gasteiger partial charge in [0.2, 0.25) is 12.8 Å². The Kier molecular flexibility index (Phi) is 4.95. The van der Waals surface area contributed by atoms with E-state index in [1.165, 1.54) is 18.2 Å². The van der Waals surface area contributed by atoms with Gasteiger partial charge in [-0.3, -0.25) is 9.59 Å². The number of hydrogen-bond donors (Lipinski definition) is 3. The van der Waals surface area contributed by atoms with E-state index in [0.717, 1.165) is 28.2 Å². The molecule has 120 valence electrons. The number of H-pyrrole nitrogens is 1. The first-order chi connectivity index (χ1) is 11.0. The molecule has 1 heterocycles. The minimum absolute atomic E-state index is 0.383. The van der Waals surface area contributed by atoms with Crippen LogP contribution in [-0.2, 0) is 9.59 Å². The van der Waals surface area contributed by atoms with Gasteiger partial charge in [-0.05, 0) is 56.2 Å². The van der Waals surface area contributed by atoms with E-state index in [2.05, 4.69) is 15.6 Å². The van der Waals surface area contributed by atoms with Crippen LogP contribution in [0.2, 0.25) is 0 Å². The van der Waals surface area contributed by atoms with Crippen LogP contribution in [0.15, 0.2) is 18.2 Å². The fourth-order valence-corrected chi connectivity index (χ4v) is 2.52. The third-order valence-electron chi connectivity index (χ3n) is 3.66. The van der Waals surface area contributed by atoms with E-state index in [1.807, 2.05) is 26.8 Å². The van der Waals surface area contributed by atoms with Crippen molar-refractivity contribution in [3.63, 3.8) is 0 Å². The van der Waals surface area contributed by atoms with Crippen molar-refractivity contribution in [1.29, 1.82) is 0 Å². The van der Waals surface area contributed by atoms with Crippen LogP contribution in [0.4, 0.5) is 15.8 Å². The highest BCUT2D eigenvalue weighted by Gasteiger charge is 2.11. The molecule has 0 aliphatic heterocycles. The summed E-state index contributed by atoms with van der Waals surface area (Å²) in [5.41, 5.74) is 5.15. The Hall–Kier alpha value is -2.89. The lowest BCUT2D eigenvalue weighted by Crippen LogP contribution is -1.98. The second kappa shape index (κ2) is 6.91. The molecule has 5 nitrogen and oxygen atoms in total. The number of aryl methyl sites for hydroxylation is 1. The van der Waals surface area contributed by atoms with Gasteiger partial charge in [0.25, 0.3) is 0 Å². The number of amides is 2. The molecule has 0 aliphatic rings. The number of benzene rings is 1. The Bertz CT molecular complexity index is 778. The summed E-state index contributed by atoms with van der Waals surface area (Å²) >= 11 is 0. The molecule has 0 saturated carbocycles. The van der Waals surface area contributed by atoms with E-state index >= 15 is 0 Å². The SMILES string of the molecule is C/C(=C\c1[nH]c(C)c(NC=O)c1C)c1cc(F)ccc1NC=O. The number of anilines is 2. The number of carbonyl (C=O) groups is 2. The first-order valence-corrected chi connectivity index (χ1v) is 7.05. The third-order valence-corrected chi connectivity index (χ3v) is 3.66. The Balaban J connectivity index is 2.48. The number of nitrogens with one attached hydrogen (secondary N) is 3. The van der Waals surface area contributed by atoms with Crippen molar-refractivity contribution in [3.05, 3.63) is 46.5 Å². The topological polar surface area (TPSA) is 74.0 Å². The molecule has 2 aromatic rings. The molecular weight excluding hydrogens is 297 g/mol. The molecule has 0 spiro atoms. The fraction of sp³-hybridized carbons (Fsp3) is 0.176. The van der Waals surface area contributed by atoms with E-state index in [0.29, 0.717) is 24.1 Å². The van der Waals surface area contributed by atoms with Crippen molar-refractivity contribution >= 4 is 35.8 Å². The molecular formula is C17H18FN3O2. The Morgan fingerprint density at radius 1 is 1.17 bits per heavy atom. The fourth-order valence-electron chi connectivity index (χ4n) is 2.52. The van der Waals surface area contributed by atoms with Crippen LogP contribution in [0.25, 0.3) is 11.6 Å². The maximum Gasteiger partial charge on any atom is 0.211 e. The molecule has 1 aromatic heterocycles.